The number of rotatable bonds is 8. The molecule has 3 aromatic rings. The molecule has 0 bridgehead atoms. The smallest absolute Gasteiger partial charge is 0.277 e. The number of amides is 4. The molecule has 180 valence electrons. The predicted molar refractivity (Wildman–Crippen MR) is 128 cm³/mol. The molecule has 1 aromatic heterocycles. The third-order valence-electron chi connectivity index (χ3n) is 5.63. The lowest BCUT2D eigenvalue weighted by Gasteiger charge is -2.28. The van der Waals surface area contributed by atoms with E-state index in [-0.39, 0.29) is 36.0 Å². The second-order valence-electron chi connectivity index (χ2n) is 7.92. The average molecular weight is 476 g/mol. The van der Waals surface area contributed by atoms with Crippen LogP contribution in [0, 0.1) is 0 Å². The van der Waals surface area contributed by atoms with Crippen molar-refractivity contribution in [2.45, 2.75) is 19.3 Å². The molecule has 1 aliphatic rings. The van der Waals surface area contributed by atoms with Crippen LogP contribution in [0.4, 0.5) is 11.4 Å². The standard InChI is InChI=1S/C24H24N6O5/c1-35-17-8-6-16(7-9-17)30-22-18(21(28-30)23(26)33)12-13-29(24(22)34)15-4-2-14(3-5-15)27-20(32)11-10-19(25)31/h2-9H,10-13H2,1H3,(H2,25,31)(H2,26,33)(H,27,32). The van der Waals surface area contributed by atoms with Crippen LogP contribution >= 0.6 is 0 Å². The number of aromatic nitrogens is 2. The molecule has 0 radical (unpaired) electrons. The first-order valence-corrected chi connectivity index (χ1v) is 10.8. The second kappa shape index (κ2) is 9.67. The zero-order chi connectivity index (χ0) is 25.1. The van der Waals surface area contributed by atoms with Crippen LogP contribution < -0.4 is 26.4 Å². The highest BCUT2D eigenvalue weighted by atomic mass is 16.5. The summed E-state index contributed by atoms with van der Waals surface area (Å²) in [7, 11) is 1.55. The van der Waals surface area contributed by atoms with Crippen molar-refractivity contribution in [1.82, 2.24) is 9.78 Å². The van der Waals surface area contributed by atoms with Crippen molar-refractivity contribution in [3.8, 4) is 11.4 Å². The number of hydrogen-bond acceptors (Lipinski definition) is 6. The summed E-state index contributed by atoms with van der Waals surface area (Å²) in [6.07, 6.45) is 0.340. The van der Waals surface area contributed by atoms with Crippen LogP contribution in [-0.2, 0) is 16.0 Å². The van der Waals surface area contributed by atoms with E-state index in [1.54, 1.807) is 60.5 Å². The van der Waals surface area contributed by atoms with Gasteiger partial charge in [0.15, 0.2) is 5.69 Å². The lowest BCUT2D eigenvalue weighted by Crippen LogP contribution is -2.39. The maximum absolute atomic E-state index is 13.6. The minimum atomic E-state index is -0.703. The van der Waals surface area contributed by atoms with E-state index in [4.69, 9.17) is 16.2 Å². The zero-order valence-electron chi connectivity index (χ0n) is 19.0. The maximum Gasteiger partial charge on any atom is 0.277 e. The van der Waals surface area contributed by atoms with Crippen molar-refractivity contribution < 1.29 is 23.9 Å². The van der Waals surface area contributed by atoms with Gasteiger partial charge >= 0.3 is 0 Å². The Morgan fingerprint density at radius 2 is 1.66 bits per heavy atom. The predicted octanol–water partition coefficient (Wildman–Crippen LogP) is 1.39. The first-order chi connectivity index (χ1) is 16.8. The van der Waals surface area contributed by atoms with Crippen molar-refractivity contribution >= 4 is 35.0 Å². The Kier molecular flexibility index (Phi) is 6.49. The molecule has 0 spiro atoms. The third kappa shape index (κ3) is 4.83. The topological polar surface area (TPSA) is 163 Å². The van der Waals surface area contributed by atoms with E-state index < -0.39 is 11.8 Å². The number of fused-ring (bicyclic) bond motifs is 1. The van der Waals surface area contributed by atoms with Crippen molar-refractivity contribution in [1.29, 1.82) is 0 Å². The quantitative estimate of drug-likeness (QED) is 0.445. The van der Waals surface area contributed by atoms with Gasteiger partial charge in [-0.15, -0.1) is 0 Å². The summed E-state index contributed by atoms with van der Waals surface area (Å²) < 4.78 is 6.62. The largest absolute Gasteiger partial charge is 0.497 e. The van der Waals surface area contributed by atoms with E-state index in [0.29, 0.717) is 41.3 Å². The Labute approximate surface area is 200 Å². The summed E-state index contributed by atoms with van der Waals surface area (Å²) in [6, 6.07) is 13.7. The number of primary amides is 2. The van der Waals surface area contributed by atoms with Crippen molar-refractivity contribution in [2.24, 2.45) is 11.5 Å². The molecule has 5 N–H and O–H groups in total. The molecule has 0 saturated heterocycles. The van der Waals surface area contributed by atoms with E-state index >= 15 is 0 Å². The van der Waals surface area contributed by atoms with Crippen molar-refractivity contribution in [3.05, 3.63) is 65.5 Å². The summed E-state index contributed by atoms with van der Waals surface area (Å²) in [5.74, 6) is -1.28. The molecule has 11 heteroatoms. The van der Waals surface area contributed by atoms with Crippen LogP contribution in [0.5, 0.6) is 5.75 Å². The highest BCUT2D eigenvalue weighted by Crippen LogP contribution is 2.30. The van der Waals surface area contributed by atoms with Gasteiger partial charge in [0.05, 0.1) is 12.8 Å². The van der Waals surface area contributed by atoms with Gasteiger partial charge < -0.3 is 26.4 Å². The average Bonchev–Trinajstić information content (AvgIpc) is 3.25. The number of ether oxygens (including phenoxy) is 1. The molecule has 0 unspecified atom stereocenters. The van der Waals surface area contributed by atoms with E-state index in [1.165, 1.54) is 4.68 Å². The Bertz CT molecular complexity index is 1300. The molecule has 2 heterocycles. The van der Waals surface area contributed by atoms with Gasteiger partial charge in [-0.1, -0.05) is 0 Å². The maximum atomic E-state index is 13.6. The lowest BCUT2D eigenvalue weighted by atomic mass is 10.0. The molecular formula is C24H24N6O5. The third-order valence-corrected chi connectivity index (χ3v) is 5.63. The Morgan fingerprint density at radius 1 is 1.00 bits per heavy atom. The number of carbonyl (C=O) groups excluding carboxylic acids is 4. The van der Waals surface area contributed by atoms with Gasteiger partial charge in [-0.2, -0.15) is 5.10 Å². The highest BCUT2D eigenvalue weighted by Gasteiger charge is 2.34. The first kappa shape index (κ1) is 23.5. The molecule has 4 rings (SSSR count). The summed E-state index contributed by atoms with van der Waals surface area (Å²) in [5, 5.41) is 7.03. The van der Waals surface area contributed by atoms with Crippen LogP contribution in [0.25, 0.3) is 5.69 Å². The van der Waals surface area contributed by atoms with Crippen LogP contribution in [-0.4, -0.2) is 47.1 Å². The van der Waals surface area contributed by atoms with Gasteiger partial charge in [0, 0.05) is 36.3 Å². The number of nitrogens with zero attached hydrogens (tertiary/aromatic N) is 3. The molecule has 11 nitrogen and oxygen atoms in total. The molecule has 4 amide bonds. The number of nitrogens with one attached hydrogen (secondary N) is 1. The molecule has 0 atom stereocenters. The van der Waals surface area contributed by atoms with Crippen LogP contribution in [0.1, 0.15) is 39.4 Å². The van der Waals surface area contributed by atoms with Gasteiger partial charge in [-0.25, -0.2) is 4.68 Å². The normalized spacial score (nSPS) is 12.7. The van der Waals surface area contributed by atoms with Gasteiger partial charge in [0.25, 0.3) is 11.8 Å². The van der Waals surface area contributed by atoms with Crippen LogP contribution in [0.2, 0.25) is 0 Å². The van der Waals surface area contributed by atoms with E-state index in [2.05, 4.69) is 10.4 Å². The fraction of sp³-hybridized carbons (Fsp3) is 0.208. The van der Waals surface area contributed by atoms with Gasteiger partial charge in [0.1, 0.15) is 11.4 Å². The number of anilines is 2. The summed E-state index contributed by atoms with van der Waals surface area (Å²) in [6.45, 7) is 0.324. The number of hydrogen-bond donors (Lipinski definition) is 3. The van der Waals surface area contributed by atoms with Gasteiger partial charge in [-0.05, 0) is 55.0 Å². The molecule has 2 aromatic carbocycles. The molecular weight excluding hydrogens is 452 g/mol. The van der Waals surface area contributed by atoms with E-state index in [9.17, 15) is 19.2 Å². The fourth-order valence-electron chi connectivity index (χ4n) is 3.90. The number of nitrogens with two attached hydrogens (primary N) is 2. The second-order valence-corrected chi connectivity index (χ2v) is 7.92. The minimum Gasteiger partial charge on any atom is -0.497 e. The van der Waals surface area contributed by atoms with Gasteiger partial charge in [-0.3, -0.25) is 19.2 Å². The zero-order valence-corrected chi connectivity index (χ0v) is 19.0. The summed E-state index contributed by atoms with van der Waals surface area (Å²) >= 11 is 0. The Morgan fingerprint density at radius 3 is 2.26 bits per heavy atom. The first-order valence-electron chi connectivity index (χ1n) is 10.8. The highest BCUT2D eigenvalue weighted by molar-refractivity contribution is 6.09. The fourth-order valence-corrected chi connectivity index (χ4v) is 3.90. The Balaban J connectivity index is 1.61. The minimum absolute atomic E-state index is 0.0119. The lowest BCUT2D eigenvalue weighted by molar-refractivity contribution is -0.122. The Hall–Kier alpha value is -4.67. The van der Waals surface area contributed by atoms with Crippen molar-refractivity contribution in [2.75, 3.05) is 23.9 Å². The number of benzene rings is 2. The van der Waals surface area contributed by atoms with E-state index in [0.717, 1.165) is 0 Å². The van der Waals surface area contributed by atoms with Crippen LogP contribution in [0.3, 0.4) is 0 Å². The SMILES string of the molecule is COc1ccc(-n2nc(C(N)=O)c3c2C(=O)N(c2ccc(NC(=O)CCC(N)=O)cc2)CC3)cc1. The molecule has 1 aliphatic heterocycles. The molecule has 35 heavy (non-hydrogen) atoms. The summed E-state index contributed by atoms with van der Waals surface area (Å²) in [4.78, 5) is 49.9. The molecule has 0 saturated carbocycles. The monoisotopic (exact) mass is 476 g/mol. The van der Waals surface area contributed by atoms with Crippen molar-refractivity contribution in [3.63, 3.8) is 0 Å². The number of methoxy groups -OCH3 is 1. The van der Waals surface area contributed by atoms with Gasteiger partial charge in [0.2, 0.25) is 11.8 Å². The van der Waals surface area contributed by atoms with Crippen LogP contribution in [0.15, 0.2) is 48.5 Å². The summed E-state index contributed by atoms with van der Waals surface area (Å²) in [5.41, 5.74) is 13.2. The molecule has 0 aliphatic carbocycles. The number of carbonyl (C=O) groups is 4. The molecule has 0 fully saturated rings. The van der Waals surface area contributed by atoms with E-state index in [1.807, 2.05) is 0 Å².